The quantitative estimate of drug-likeness (QED) is 0.637. The Morgan fingerprint density at radius 1 is 1.27 bits per heavy atom. The second-order valence-electron chi connectivity index (χ2n) is 7.57. The molecule has 0 spiro atoms. The molecule has 0 radical (unpaired) electrons. The standard InChI is InChI=1S/C20H23N5O3S2/c1-11-5-4-6-15(9-11)30(27,28)25-8-7-14(10-25)22-19(26)18-17(21)16-12(2)13(3)23-24-20(16)29-18/h4-6,9,14H,7-8,10,21H2,1-3H3,(H,22,26). The van der Waals surface area contributed by atoms with Gasteiger partial charge in [0.1, 0.15) is 9.71 Å². The minimum atomic E-state index is -3.59. The topological polar surface area (TPSA) is 118 Å². The van der Waals surface area contributed by atoms with E-state index in [1.54, 1.807) is 18.2 Å². The van der Waals surface area contributed by atoms with E-state index in [2.05, 4.69) is 15.5 Å². The van der Waals surface area contributed by atoms with Crippen molar-refractivity contribution in [1.82, 2.24) is 19.8 Å². The molecule has 2 aromatic heterocycles. The van der Waals surface area contributed by atoms with Crippen molar-refractivity contribution in [1.29, 1.82) is 0 Å². The number of nitrogens with two attached hydrogens (primary N) is 1. The molecule has 4 rings (SSSR count). The number of hydrogen-bond acceptors (Lipinski definition) is 7. The number of nitrogens with zero attached hydrogens (tertiary/aromatic N) is 3. The summed E-state index contributed by atoms with van der Waals surface area (Å²) in [6.45, 7) is 6.19. The lowest BCUT2D eigenvalue weighted by molar-refractivity contribution is 0.0944. The molecule has 10 heteroatoms. The van der Waals surface area contributed by atoms with E-state index in [-0.39, 0.29) is 23.4 Å². The van der Waals surface area contributed by atoms with Crippen LogP contribution in [-0.2, 0) is 10.0 Å². The van der Waals surface area contributed by atoms with Crippen molar-refractivity contribution < 1.29 is 13.2 Å². The van der Waals surface area contributed by atoms with Gasteiger partial charge in [-0.15, -0.1) is 16.4 Å². The predicted octanol–water partition coefficient (Wildman–Crippen LogP) is 2.39. The van der Waals surface area contributed by atoms with Crippen LogP contribution in [-0.4, -0.2) is 48.0 Å². The lowest BCUT2D eigenvalue weighted by atomic mass is 10.1. The zero-order valence-corrected chi connectivity index (χ0v) is 18.6. The summed E-state index contributed by atoms with van der Waals surface area (Å²) >= 11 is 1.20. The third-order valence-electron chi connectivity index (χ3n) is 5.45. The Balaban J connectivity index is 1.51. The summed E-state index contributed by atoms with van der Waals surface area (Å²) in [5.74, 6) is -0.313. The van der Waals surface area contributed by atoms with Gasteiger partial charge >= 0.3 is 0 Å². The van der Waals surface area contributed by atoms with Gasteiger partial charge in [-0.3, -0.25) is 4.79 Å². The third kappa shape index (κ3) is 3.55. The number of carbonyl (C=O) groups excluding carboxylic acids is 1. The number of nitrogen functional groups attached to an aromatic ring is 1. The van der Waals surface area contributed by atoms with Gasteiger partial charge in [0.15, 0.2) is 0 Å². The van der Waals surface area contributed by atoms with Crippen LogP contribution in [0.1, 0.15) is 32.9 Å². The maximum absolute atomic E-state index is 12.9. The maximum Gasteiger partial charge on any atom is 0.263 e. The van der Waals surface area contributed by atoms with E-state index < -0.39 is 10.0 Å². The molecule has 1 aliphatic rings. The summed E-state index contributed by atoms with van der Waals surface area (Å²) < 4.78 is 27.2. The van der Waals surface area contributed by atoms with Crippen molar-refractivity contribution in [3.63, 3.8) is 0 Å². The fraction of sp³-hybridized carbons (Fsp3) is 0.350. The highest BCUT2D eigenvalue weighted by Crippen LogP contribution is 2.35. The number of fused-ring (bicyclic) bond motifs is 1. The fourth-order valence-corrected chi connectivity index (χ4v) is 6.26. The first-order chi connectivity index (χ1) is 14.2. The third-order valence-corrected chi connectivity index (χ3v) is 8.40. The highest BCUT2D eigenvalue weighted by atomic mass is 32.2. The van der Waals surface area contributed by atoms with Crippen molar-refractivity contribution in [3.8, 4) is 0 Å². The van der Waals surface area contributed by atoms with Crippen molar-refractivity contribution in [2.24, 2.45) is 0 Å². The lowest BCUT2D eigenvalue weighted by Crippen LogP contribution is -2.38. The van der Waals surface area contributed by atoms with Crippen LogP contribution >= 0.6 is 11.3 Å². The van der Waals surface area contributed by atoms with Gasteiger partial charge in [0, 0.05) is 24.5 Å². The number of thiophene rings is 1. The Morgan fingerprint density at radius 3 is 2.77 bits per heavy atom. The number of amides is 1. The van der Waals surface area contributed by atoms with Crippen LogP contribution in [0, 0.1) is 20.8 Å². The van der Waals surface area contributed by atoms with Gasteiger partial charge in [0.05, 0.1) is 16.3 Å². The van der Waals surface area contributed by atoms with Gasteiger partial charge in [0.2, 0.25) is 10.0 Å². The predicted molar refractivity (Wildman–Crippen MR) is 117 cm³/mol. The molecule has 1 saturated heterocycles. The van der Waals surface area contributed by atoms with Gasteiger partial charge in [-0.05, 0) is 50.5 Å². The summed E-state index contributed by atoms with van der Waals surface area (Å²) in [4.78, 5) is 14.1. The largest absolute Gasteiger partial charge is 0.397 e. The van der Waals surface area contributed by atoms with E-state index in [4.69, 9.17) is 5.73 Å². The zero-order chi connectivity index (χ0) is 21.6. The minimum Gasteiger partial charge on any atom is -0.397 e. The van der Waals surface area contributed by atoms with Crippen molar-refractivity contribution in [2.75, 3.05) is 18.8 Å². The Bertz CT molecular complexity index is 1250. The molecule has 1 aromatic carbocycles. The van der Waals surface area contributed by atoms with E-state index in [1.807, 2.05) is 26.8 Å². The Hall–Kier alpha value is -2.56. The number of nitrogens with one attached hydrogen (secondary N) is 1. The summed E-state index contributed by atoms with van der Waals surface area (Å²) in [5.41, 5.74) is 9.20. The van der Waals surface area contributed by atoms with Crippen molar-refractivity contribution in [2.45, 2.75) is 38.1 Å². The lowest BCUT2D eigenvalue weighted by Gasteiger charge is -2.17. The van der Waals surface area contributed by atoms with E-state index in [1.165, 1.54) is 15.6 Å². The molecular formula is C20H23N5O3S2. The van der Waals surface area contributed by atoms with Crippen LogP contribution in [0.2, 0.25) is 0 Å². The monoisotopic (exact) mass is 445 g/mol. The van der Waals surface area contributed by atoms with E-state index >= 15 is 0 Å². The number of anilines is 1. The van der Waals surface area contributed by atoms with Crippen LogP contribution in [0.15, 0.2) is 29.2 Å². The first-order valence-electron chi connectivity index (χ1n) is 9.58. The molecule has 0 bridgehead atoms. The summed E-state index contributed by atoms with van der Waals surface area (Å²) in [6, 6.07) is 6.56. The van der Waals surface area contributed by atoms with Crippen LogP contribution in [0.4, 0.5) is 5.69 Å². The van der Waals surface area contributed by atoms with E-state index in [0.29, 0.717) is 28.4 Å². The molecular weight excluding hydrogens is 422 g/mol. The van der Waals surface area contributed by atoms with Crippen LogP contribution in [0.3, 0.4) is 0 Å². The first-order valence-corrected chi connectivity index (χ1v) is 11.8. The number of benzene rings is 1. The number of carbonyl (C=O) groups is 1. The van der Waals surface area contributed by atoms with Gasteiger partial charge in [0.25, 0.3) is 5.91 Å². The number of sulfonamides is 1. The molecule has 3 heterocycles. The summed E-state index contributed by atoms with van der Waals surface area (Å²) in [7, 11) is -3.59. The second-order valence-corrected chi connectivity index (χ2v) is 10.5. The molecule has 1 amide bonds. The normalized spacial score (nSPS) is 17.5. The number of rotatable bonds is 4. The molecule has 3 aromatic rings. The molecule has 1 fully saturated rings. The Kier molecular flexibility index (Phi) is 5.25. The van der Waals surface area contributed by atoms with E-state index in [9.17, 15) is 13.2 Å². The number of hydrogen-bond donors (Lipinski definition) is 2. The highest BCUT2D eigenvalue weighted by molar-refractivity contribution is 7.89. The Morgan fingerprint density at radius 2 is 2.03 bits per heavy atom. The van der Waals surface area contributed by atoms with E-state index in [0.717, 1.165) is 22.2 Å². The van der Waals surface area contributed by atoms with Crippen LogP contribution in [0.5, 0.6) is 0 Å². The summed E-state index contributed by atoms with van der Waals surface area (Å²) in [6.07, 6.45) is 0.541. The van der Waals surface area contributed by atoms with Gasteiger partial charge in [-0.2, -0.15) is 9.40 Å². The number of aryl methyl sites for hydroxylation is 3. The van der Waals surface area contributed by atoms with Crippen molar-refractivity contribution >= 4 is 43.2 Å². The number of aromatic nitrogens is 2. The highest BCUT2D eigenvalue weighted by Gasteiger charge is 2.34. The zero-order valence-electron chi connectivity index (χ0n) is 17.0. The molecule has 1 atom stereocenters. The Labute approximate surface area is 179 Å². The summed E-state index contributed by atoms with van der Waals surface area (Å²) in [5, 5.41) is 11.9. The minimum absolute atomic E-state index is 0.227. The average molecular weight is 446 g/mol. The average Bonchev–Trinajstić information content (AvgIpc) is 3.30. The van der Waals surface area contributed by atoms with Gasteiger partial charge in [-0.25, -0.2) is 8.42 Å². The first kappa shape index (κ1) is 20.7. The second kappa shape index (κ2) is 7.60. The fourth-order valence-electron chi connectivity index (χ4n) is 3.65. The smallest absolute Gasteiger partial charge is 0.263 e. The SMILES string of the molecule is Cc1cccc(S(=O)(=O)N2CCC(NC(=O)c3sc4nnc(C)c(C)c4c3N)C2)c1. The molecule has 0 aliphatic carbocycles. The molecule has 1 aliphatic heterocycles. The maximum atomic E-state index is 12.9. The van der Waals surface area contributed by atoms with Crippen LogP contribution in [0.25, 0.3) is 10.2 Å². The molecule has 8 nitrogen and oxygen atoms in total. The van der Waals surface area contributed by atoms with Crippen LogP contribution < -0.4 is 11.1 Å². The van der Waals surface area contributed by atoms with Gasteiger partial charge in [-0.1, -0.05) is 12.1 Å². The molecule has 158 valence electrons. The molecule has 3 N–H and O–H groups in total. The molecule has 0 saturated carbocycles. The molecule has 1 unspecified atom stereocenters. The van der Waals surface area contributed by atoms with Gasteiger partial charge < -0.3 is 11.1 Å². The molecule has 30 heavy (non-hydrogen) atoms. The van der Waals surface area contributed by atoms with Crippen molar-refractivity contribution in [3.05, 3.63) is 46.0 Å².